The smallest absolute Gasteiger partial charge is 0.216 e. The first-order valence-corrected chi connectivity index (χ1v) is 16.7. The molecule has 49 heavy (non-hydrogen) atoms. The van der Waals surface area contributed by atoms with Gasteiger partial charge in [0.05, 0.1) is 11.3 Å². The topological polar surface area (TPSA) is 51.8 Å². The zero-order valence-electron chi connectivity index (χ0n) is 29.8. The van der Waals surface area contributed by atoms with E-state index in [1.165, 1.54) is 38.9 Å². The molecule has 0 unspecified atom stereocenters. The van der Waals surface area contributed by atoms with Gasteiger partial charge in [-0.15, -0.1) is 53.6 Å². The Balaban J connectivity index is 0.000000246. The van der Waals surface area contributed by atoms with Crippen molar-refractivity contribution in [3.63, 3.8) is 0 Å². The zero-order chi connectivity index (χ0) is 34.1. The molecule has 0 atom stereocenters. The van der Waals surface area contributed by atoms with Crippen LogP contribution in [0.5, 0.6) is 0 Å². The van der Waals surface area contributed by atoms with Crippen molar-refractivity contribution in [2.75, 3.05) is 0 Å². The molecule has 4 nitrogen and oxygen atoms in total. The summed E-state index contributed by atoms with van der Waals surface area (Å²) in [5.41, 5.74) is 16.0. The third kappa shape index (κ3) is 7.59. The standard InChI is InChI=1S/C30H29N2O.C14H14N.Ir/c1-17(2)21-9-7-10-22(18(3)4)28(21)26-14-13-24-23-11-8-12-25(29(23)33-30(24)32-26)27-16-19(5)15-20(6)31-27;1-10-4-6-13(7-5-10)14-8-11(2)12(3)9-15-14;/h7-11,13-18H,1-6H3;4-6,8-9H,1-3H3;/q2*-1;. The van der Waals surface area contributed by atoms with E-state index in [0.717, 1.165) is 50.3 Å². The number of aromatic nitrogens is 3. The van der Waals surface area contributed by atoms with E-state index in [9.17, 15) is 0 Å². The fourth-order valence-electron chi connectivity index (χ4n) is 6.20. The normalized spacial score (nSPS) is 11.2. The van der Waals surface area contributed by atoms with Gasteiger partial charge in [0.1, 0.15) is 0 Å². The van der Waals surface area contributed by atoms with E-state index in [0.29, 0.717) is 17.5 Å². The van der Waals surface area contributed by atoms with Crippen LogP contribution in [0.4, 0.5) is 0 Å². The predicted octanol–water partition coefficient (Wildman–Crippen LogP) is 11.8. The second kappa shape index (κ2) is 15.0. The van der Waals surface area contributed by atoms with Gasteiger partial charge in [-0.2, -0.15) is 0 Å². The van der Waals surface area contributed by atoms with Gasteiger partial charge in [0.15, 0.2) is 0 Å². The summed E-state index contributed by atoms with van der Waals surface area (Å²) in [5, 5.41) is 2.06. The van der Waals surface area contributed by atoms with E-state index >= 15 is 0 Å². The molecule has 0 amide bonds. The van der Waals surface area contributed by atoms with Crippen molar-refractivity contribution in [3.8, 4) is 33.8 Å². The molecule has 3 aromatic carbocycles. The molecule has 4 heterocycles. The molecule has 0 aliphatic carbocycles. The molecule has 0 fully saturated rings. The molecule has 4 aromatic heterocycles. The SMILES string of the molecule is Cc1c[c-]c(-c2cc(C)c(C)cn2)cc1.Cc1cc(C)nc(-c2[c-]ccc3c2oc2nc(-c4c(C(C)C)cccc4C(C)C)ccc23)c1.[Ir]. The van der Waals surface area contributed by atoms with Crippen LogP contribution in [-0.2, 0) is 20.1 Å². The number of hydrogen-bond acceptors (Lipinski definition) is 4. The number of hydrogen-bond donors (Lipinski definition) is 0. The van der Waals surface area contributed by atoms with Gasteiger partial charge < -0.3 is 14.4 Å². The summed E-state index contributed by atoms with van der Waals surface area (Å²) in [6, 6.07) is 33.9. The van der Waals surface area contributed by atoms with Crippen LogP contribution >= 0.6 is 0 Å². The maximum absolute atomic E-state index is 6.40. The number of pyridine rings is 3. The third-order valence-corrected chi connectivity index (χ3v) is 8.90. The van der Waals surface area contributed by atoms with E-state index in [1.807, 2.05) is 25.3 Å². The summed E-state index contributed by atoms with van der Waals surface area (Å²) >= 11 is 0. The van der Waals surface area contributed by atoms with Crippen molar-refractivity contribution < 1.29 is 24.5 Å². The molecule has 0 saturated heterocycles. The number of furan rings is 1. The van der Waals surface area contributed by atoms with Crippen LogP contribution in [0.25, 0.3) is 55.8 Å². The van der Waals surface area contributed by atoms with Gasteiger partial charge in [-0.05, 0) is 85.8 Å². The first-order chi connectivity index (χ1) is 23.0. The van der Waals surface area contributed by atoms with E-state index in [1.54, 1.807) is 0 Å². The van der Waals surface area contributed by atoms with Gasteiger partial charge in [-0.3, -0.25) is 0 Å². The van der Waals surface area contributed by atoms with Crippen molar-refractivity contribution in [1.82, 2.24) is 15.0 Å². The number of nitrogens with zero attached hydrogens (tertiary/aromatic N) is 3. The number of benzene rings is 3. The van der Waals surface area contributed by atoms with Crippen molar-refractivity contribution in [1.29, 1.82) is 0 Å². The molecule has 0 aliphatic heterocycles. The Labute approximate surface area is 304 Å². The second-order valence-corrected chi connectivity index (χ2v) is 13.5. The zero-order valence-corrected chi connectivity index (χ0v) is 32.2. The van der Waals surface area contributed by atoms with Crippen molar-refractivity contribution in [2.45, 2.75) is 74.1 Å². The number of aryl methyl sites for hydroxylation is 5. The molecule has 0 spiro atoms. The van der Waals surface area contributed by atoms with Gasteiger partial charge in [0.2, 0.25) is 5.71 Å². The monoisotopic (exact) mass is 822 g/mol. The van der Waals surface area contributed by atoms with Crippen LogP contribution in [0.15, 0.2) is 89.5 Å². The summed E-state index contributed by atoms with van der Waals surface area (Å²) in [7, 11) is 0. The van der Waals surface area contributed by atoms with Gasteiger partial charge in [0, 0.05) is 42.9 Å². The Morgan fingerprint density at radius 1 is 0.653 bits per heavy atom. The van der Waals surface area contributed by atoms with Gasteiger partial charge in [-0.1, -0.05) is 87.0 Å². The summed E-state index contributed by atoms with van der Waals surface area (Å²) in [6.45, 7) is 19.3. The van der Waals surface area contributed by atoms with Crippen LogP contribution in [0.3, 0.4) is 0 Å². The quantitative estimate of drug-likeness (QED) is 0.162. The van der Waals surface area contributed by atoms with Crippen LogP contribution in [0, 0.1) is 46.8 Å². The Bertz CT molecular complexity index is 2200. The van der Waals surface area contributed by atoms with Crippen molar-refractivity contribution >= 4 is 22.1 Å². The largest absolute Gasteiger partial charge is 0.486 e. The van der Waals surface area contributed by atoms with Crippen LogP contribution in [0.2, 0.25) is 0 Å². The Morgan fingerprint density at radius 3 is 2.02 bits per heavy atom. The molecule has 0 N–H and O–H groups in total. The molecular weight excluding hydrogens is 779 g/mol. The average Bonchev–Trinajstić information content (AvgIpc) is 3.44. The Hall–Kier alpha value is -4.44. The summed E-state index contributed by atoms with van der Waals surface area (Å²) in [4.78, 5) is 14.2. The van der Waals surface area contributed by atoms with Crippen LogP contribution < -0.4 is 0 Å². The second-order valence-electron chi connectivity index (χ2n) is 13.5. The van der Waals surface area contributed by atoms with Gasteiger partial charge in [-0.25, -0.2) is 4.98 Å². The summed E-state index contributed by atoms with van der Waals surface area (Å²) < 4.78 is 6.40. The minimum absolute atomic E-state index is 0. The minimum Gasteiger partial charge on any atom is -0.486 e. The molecule has 1 radical (unpaired) electrons. The van der Waals surface area contributed by atoms with Crippen molar-refractivity contribution in [2.24, 2.45) is 0 Å². The molecule has 251 valence electrons. The number of rotatable bonds is 5. The predicted molar refractivity (Wildman–Crippen MR) is 199 cm³/mol. The minimum atomic E-state index is 0. The fraction of sp³-hybridized carbons (Fsp3) is 0.250. The fourth-order valence-corrected chi connectivity index (χ4v) is 6.20. The molecule has 0 saturated carbocycles. The maximum Gasteiger partial charge on any atom is 0.216 e. The van der Waals surface area contributed by atoms with E-state index in [4.69, 9.17) is 14.4 Å². The molecule has 5 heteroatoms. The molecule has 7 rings (SSSR count). The molecule has 7 aromatic rings. The first-order valence-electron chi connectivity index (χ1n) is 16.7. The number of fused-ring (bicyclic) bond motifs is 3. The molecule has 0 bridgehead atoms. The third-order valence-electron chi connectivity index (χ3n) is 8.90. The molecule has 0 aliphatic rings. The van der Waals surface area contributed by atoms with E-state index in [2.05, 4.69) is 139 Å². The van der Waals surface area contributed by atoms with E-state index < -0.39 is 0 Å². The van der Waals surface area contributed by atoms with E-state index in [-0.39, 0.29) is 20.1 Å². The summed E-state index contributed by atoms with van der Waals surface area (Å²) in [5.74, 6) is 0.812. The van der Waals surface area contributed by atoms with Crippen molar-refractivity contribution in [3.05, 3.63) is 136 Å². The Kier molecular flexibility index (Phi) is 11.0. The summed E-state index contributed by atoms with van der Waals surface area (Å²) in [6.07, 6.45) is 1.92. The van der Waals surface area contributed by atoms with Crippen LogP contribution in [0.1, 0.15) is 78.6 Å². The maximum atomic E-state index is 6.40. The molecular formula is C44H43IrN3O-2. The Morgan fingerprint density at radius 2 is 1.39 bits per heavy atom. The van der Waals surface area contributed by atoms with Gasteiger partial charge in [0.25, 0.3) is 0 Å². The average molecular weight is 822 g/mol. The van der Waals surface area contributed by atoms with Crippen LogP contribution in [-0.4, -0.2) is 15.0 Å². The first kappa shape index (κ1) is 35.9. The van der Waals surface area contributed by atoms with Gasteiger partial charge >= 0.3 is 0 Å².